The summed E-state index contributed by atoms with van der Waals surface area (Å²) in [6, 6.07) is 0. The van der Waals surface area contributed by atoms with E-state index in [4.69, 9.17) is 5.11 Å². The lowest BCUT2D eigenvalue weighted by Crippen LogP contribution is -2.10. The van der Waals surface area contributed by atoms with Gasteiger partial charge in [-0.15, -0.1) is 0 Å². The molecule has 0 amide bonds. The van der Waals surface area contributed by atoms with Crippen molar-refractivity contribution in [3.05, 3.63) is 12.2 Å². The van der Waals surface area contributed by atoms with Gasteiger partial charge >= 0.3 is 5.97 Å². The van der Waals surface area contributed by atoms with Crippen LogP contribution in [0.4, 0.5) is 0 Å². The summed E-state index contributed by atoms with van der Waals surface area (Å²) in [5, 5.41) is 8.81. The monoisotopic (exact) mass is 184 g/mol. The molecule has 0 saturated heterocycles. The van der Waals surface area contributed by atoms with Crippen LogP contribution in [0.15, 0.2) is 12.2 Å². The molecular formula is C11H20O2. The number of carbonyl (C=O) groups is 1. The molecule has 1 atom stereocenters. The minimum atomic E-state index is -0.699. The van der Waals surface area contributed by atoms with Gasteiger partial charge in [-0.05, 0) is 12.8 Å². The normalized spacial score (nSPS) is 13.4. The Labute approximate surface area is 80.7 Å². The predicted molar refractivity (Wildman–Crippen MR) is 54.7 cm³/mol. The Balaban J connectivity index is 3.79. The van der Waals surface area contributed by atoms with E-state index in [1.165, 1.54) is 0 Å². The second-order valence-electron chi connectivity index (χ2n) is 3.30. The van der Waals surface area contributed by atoms with Crippen LogP contribution in [-0.4, -0.2) is 11.1 Å². The summed E-state index contributed by atoms with van der Waals surface area (Å²) < 4.78 is 0. The van der Waals surface area contributed by atoms with Crippen LogP contribution in [0.3, 0.4) is 0 Å². The third-order valence-corrected chi connectivity index (χ3v) is 2.01. The summed E-state index contributed by atoms with van der Waals surface area (Å²) >= 11 is 0. The minimum Gasteiger partial charge on any atom is -0.481 e. The first-order chi connectivity index (χ1) is 6.22. The fraction of sp³-hybridized carbons (Fsp3) is 0.727. The zero-order valence-corrected chi connectivity index (χ0v) is 8.62. The van der Waals surface area contributed by atoms with Crippen LogP contribution in [0, 0.1) is 5.92 Å². The molecule has 0 radical (unpaired) electrons. The van der Waals surface area contributed by atoms with Crippen molar-refractivity contribution >= 4 is 5.97 Å². The quantitative estimate of drug-likeness (QED) is 0.487. The second-order valence-corrected chi connectivity index (χ2v) is 3.30. The van der Waals surface area contributed by atoms with Crippen LogP contribution in [0.2, 0.25) is 0 Å². The zero-order chi connectivity index (χ0) is 10.1. The molecule has 2 heteroatoms. The minimum absolute atomic E-state index is 0.276. The van der Waals surface area contributed by atoms with Gasteiger partial charge in [0.1, 0.15) is 0 Å². The van der Waals surface area contributed by atoms with Gasteiger partial charge in [0, 0.05) is 0 Å². The maximum Gasteiger partial charge on any atom is 0.310 e. The molecule has 0 spiro atoms. The molecule has 0 aliphatic heterocycles. The van der Waals surface area contributed by atoms with Crippen LogP contribution >= 0.6 is 0 Å². The highest BCUT2D eigenvalue weighted by Gasteiger charge is 2.11. The predicted octanol–water partition coefficient (Wildman–Crippen LogP) is 3.23. The summed E-state index contributed by atoms with van der Waals surface area (Å²) in [6.45, 7) is 4.14. The van der Waals surface area contributed by atoms with E-state index in [9.17, 15) is 4.79 Å². The molecule has 76 valence electrons. The summed E-state index contributed by atoms with van der Waals surface area (Å²) in [7, 11) is 0. The third-order valence-electron chi connectivity index (χ3n) is 2.01. The molecule has 0 aromatic heterocycles. The number of unbranched alkanes of at least 4 members (excludes halogenated alkanes) is 2. The van der Waals surface area contributed by atoms with E-state index in [1.54, 1.807) is 0 Å². The molecule has 0 bridgehead atoms. The van der Waals surface area contributed by atoms with E-state index in [1.807, 2.05) is 19.1 Å². The van der Waals surface area contributed by atoms with Crippen LogP contribution < -0.4 is 0 Å². The molecular weight excluding hydrogens is 164 g/mol. The number of hydrogen-bond acceptors (Lipinski definition) is 1. The van der Waals surface area contributed by atoms with Crippen molar-refractivity contribution in [2.24, 2.45) is 5.92 Å². The Kier molecular flexibility index (Phi) is 7.36. The van der Waals surface area contributed by atoms with E-state index < -0.39 is 5.97 Å². The number of hydrogen-bond donors (Lipinski definition) is 1. The van der Waals surface area contributed by atoms with Crippen LogP contribution in [0.5, 0.6) is 0 Å². The van der Waals surface area contributed by atoms with E-state index in [0.29, 0.717) is 0 Å². The first kappa shape index (κ1) is 12.2. The molecule has 2 nitrogen and oxygen atoms in total. The number of carboxylic acids is 1. The van der Waals surface area contributed by atoms with Crippen molar-refractivity contribution < 1.29 is 9.90 Å². The van der Waals surface area contributed by atoms with Gasteiger partial charge in [-0.25, -0.2) is 0 Å². The summed E-state index contributed by atoms with van der Waals surface area (Å²) in [5.41, 5.74) is 0. The fourth-order valence-electron chi connectivity index (χ4n) is 1.20. The molecule has 1 N–H and O–H groups in total. The third kappa shape index (κ3) is 6.38. The SMILES string of the molecule is CCCC/C=C/C(CCC)C(=O)O. The van der Waals surface area contributed by atoms with Crippen molar-refractivity contribution in [2.45, 2.75) is 46.0 Å². The Hall–Kier alpha value is -0.790. The maximum atomic E-state index is 10.7. The lowest BCUT2D eigenvalue weighted by atomic mass is 10.0. The lowest BCUT2D eigenvalue weighted by Gasteiger charge is -2.04. The Morgan fingerprint density at radius 3 is 2.54 bits per heavy atom. The highest BCUT2D eigenvalue weighted by atomic mass is 16.4. The summed E-state index contributed by atoms with van der Waals surface area (Å²) in [5.74, 6) is -0.976. The maximum absolute atomic E-state index is 10.7. The Morgan fingerprint density at radius 1 is 1.38 bits per heavy atom. The number of rotatable bonds is 7. The summed E-state index contributed by atoms with van der Waals surface area (Å²) in [6.07, 6.45) is 8.82. The van der Waals surface area contributed by atoms with Gasteiger partial charge in [0.25, 0.3) is 0 Å². The van der Waals surface area contributed by atoms with Crippen molar-refractivity contribution in [3.8, 4) is 0 Å². The standard InChI is InChI=1S/C11H20O2/c1-3-5-6-7-9-10(8-4-2)11(12)13/h7,9-10H,3-6,8H2,1-2H3,(H,12,13)/b9-7+. The molecule has 1 unspecified atom stereocenters. The molecule has 0 aliphatic rings. The topological polar surface area (TPSA) is 37.3 Å². The molecule has 0 aromatic carbocycles. The smallest absolute Gasteiger partial charge is 0.310 e. The van der Waals surface area contributed by atoms with E-state index in [-0.39, 0.29) is 5.92 Å². The average molecular weight is 184 g/mol. The molecule has 0 heterocycles. The second kappa shape index (κ2) is 7.84. The number of aliphatic carboxylic acids is 1. The van der Waals surface area contributed by atoms with Crippen molar-refractivity contribution in [1.82, 2.24) is 0 Å². The van der Waals surface area contributed by atoms with Crippen molar-refractivity contribution in [1.29, 1.82) is 0 Å². The molecule has 0 saturated carbocycles. The number of carboxylic acid groups (broad SMARTS) is 1. The van der Waals surface area contributed by atoms with Gasteiger partial charge in [-0.2, -0.15) is 0 Å². The van der Waals surface area contributed by atoms with Crippen LogP contribution in [0.1, 0.15) is 46.0 Å². The molecule has 0 fully saturated rings. The van der Waals surface area contributed by atoms with Crippen LogP contribution in [-0.2, 0) is 4.79 Å². The first-order valence-corrected chi connectivity index (χ1v) is 5.11. The van der Waals surface area contributed by atoms with Gasteiger partial charge in [-0.1, -0.05) is 45.3 Å². The highest BCUT2D eigenvalue weighted by molar-refractivity contribution is 5.72. The van der Waals surface area contributed by atoms with Gasteiger partial charge in [0.15, 0.2) is 0 Å². The number of allylic oxidation sites excluding steroid dienone is 1. The average Bonchev–Trinajstić information content (AvgIpc) is 2.10. The van der Waals surface area contributed by atoms with Gasteiger partial charge in [0.2, 0.25) is 0 Å². The fourth-order valence-corrected chi connectivity index (χ4v) is 1.20. The van der Waals surface area contributed by atoms with Crippen LogP contribution in [0.25, 0.3) is 0 Å². The Morgan fingerprint density at radius 2 is 2.08 bits per heavy atom. The van der Waals surface area contributed by atoms with Crippen molar-refractivity contribution in [3.63, 3.8) is 0 Å². The van der Waals surface area contributed by atoms with E-state index in [0.717, 1.165) is 32.1 Å². The van der Waals surface area contributed by atoms with Gasteiger partial charge < -0.3 is 5.11 Å². The Bertz CT molecular complexity index is 161. The van der Waals surface area contributed by atoms with E-state index in [2.05, 4.69) is 6.92 Å². The van der Waals surface area contributed by atoms with Gasteiger partial charge in [-0.3, -0.25) is 4.79 Å². The molecule has 0 aliphatic carbocycles. The van der Waals surface area contributed by atoms with Crippen molar-refractivity contribution in [2.75, 3.05) is 0 Å². The molecule has 0 rings (SSSR count). The zero-order valence-electron chi connectivity index (χ0n) is 8.62. The highest BCUT2D eigenvalue weighted by Crippen LogP contribution is 2.09. The van der Waals surface area contributed by atoms with E-state index >= 15 is 0 Å². The first-order valence-electron chi connectivity index (χ1n) is 5.11. The molecule has 0 aromatic rings. The van der Waals surface area contributed by atoms with Gasteiger partial charge in [0.05, 0.1) is 5.92 Å². The largest absolute Gasteiger partial charge is 0.481 e. The molecule has 13 heavy (non-hydrogen) atoms. The summed E-state index contributed by atoms with van der Waals surface area (Å²) in [4.78, 5) is 10.7. The lowest BCUT2D eigenvalue weighted by molar-refractivity contribution is -0.140.